The number of esters is 1. The van der Waals surface area contributed by atoms with Crippen LogP contribution in [0.1, 0.15) is 54.9 Å². The van der Waals surface area contributed by atoms with Crippen molar-refractivity contribution in [1.82, 2.24) is 0 Å². The van der Waals surface area contributed by atoms with E-state index in [2.05, 4.69) is 36.8 Å². The highest BCUT2D eigenvalue weighted by molar-refractivity contribution is 5.91. The Labute approximate surface area is 195 Å². The first-order chi connectivity index (χ1) is 16.1. The number of carbonyl (C=O) groups is 1. The number of benzene rings is 3. The minimum atomic E-state index is -0.394. The molecule has 0 aromatic heterocycles. The van der Waals surface area contributed by atoms with Crippen LogP contribution in [0.3, 0.4) is 0 Å². The Kier molecular flexibility index (Phi) is 7.35. The number of carbonyl (C=O) groups excluding carboxylic acids is 1. The van der Waals surface area contributed by atoms with E-state index in [1.54, 1.807) is 24.3 Å². The number of rotatable bonds is 10. The maximum Gasteiger partial charge on any atom is 0.343 e. The van der Waals surface area contributed by atoms with Crippen LogP contribution in [0.15, 0.2) is 66.7 Å². The third-order valence-corrected chi connectivity index (χ3v) is 5.55. The van der Waals surface area contributed by atoms with Gasteiger partial charge in [0.25, 0.3) is 0 Å². The van der Waals surface area contributed by atoms with Crippen LogP contribution in [-0.4, -0.2) is 12.6 Å². The number of aryl methyl sites for hydroxylation is 1. The molecular formula is C27H31N3O3. The second-order valence-electron chi connectivity index (χ2n) is 8.28. The van der Waals surface area contributed by atoms with E-state index in [0.29, 0.717) is 17.9 Å². The van der Waals surface area contributed by atoms with Gasteiger partial charge in [0.1, 0.15) is 11.5 Å². The molecule has 3 aromatic rings. The minimum absolute atomic E-state index is 0.394. The fraction of sp³-hybridized carbons (Fsp3) is 0.296. The largest absolute Gasteiger partial charge is 0.494 e. The summed E-state index contributed by atoms with van der Waals surface area (Å²) in [6.45, 7) is 4.97. The quantitative estimate of drug-likeness (QED) is 0.205. The van der Waals surface area contributed by atoms with E-state index >= 15 is 0 Å². The Hall–Kier alpha value is -3.67. The van der Waals surface area contributed by atoms with Gasteiger partial charge in [0.05, 0.1) is 29.2 Å². The molecule has 0 aliphatic carbocycles. The molecule has 4 rings (SSSR count). The number of nitrogens with one attached hydrogen (secondary N) is 2. The standard InChI is InChI=1S/C27H31N3O3/c1-3-4-5-6-7-18-32-23-13-9-21(10-14-23)27(31)33-24-15-11-22(12-16-24)30-28-25-17-8-20(2)19-26(25)29-30/h8-17,19,28-29H,3-7,18H2,1-2H3. The van der Waals surface area contributed by atoms with Crippen LogP contribution in [0.5, 0.6) is 11.5 Å². The van der Waals surface area contributed by atoms with Crippen molar-refractivity contribution in [2.75, 3.05) is 22.6 Å². The summed E-state index contributed by atoms with van der Waals surface area (Å²) in [6, 6.07) is 20.6. The number of anilines is 3. The van der Waals surface area contributed by atoms with E-state index in [4.69, 9.17) is 9.47 Å². The van der Waals surface area contributed by atoms with Gasteiger partial charge in [-0.2, -0.15) is 5.12 Å². The molecule has 2 N–H and O–H groups in total. The summed E-state index contributed by atoms with van der Waals surface area (Å²) >= 11 is 0. The van der Waals surface area contributed by atoms with E-state index in [1.807, 2.05) is 35.4 Å². The van der Waals surface area contributed by atoms with Gasteiger partial charge in [-0.3, -0.25) is 10.9 Å². The summed E-state index contributed by atoms with van der Waals surface area (Å²) in [5, 5.41) is 1.83. The van der Waals surface area contributed by atoms with Crippen molar-refractivity contribution in [3.05, 3.63) is 77.9 Å². The number of unbranched alkanes of at least 4 members (excludes halogenated alkanes) is 4. The molecule has 1 heterocycles. The van der Waals surface area contributed by atoms with Crippen molar-refractivity contribution >= 4 is 23.0 Å². The van der Waals surface area contributed by atoms with Crippen LogP contribution >= 0.6 is 0 Å². The molecule has 0 bridgehead atoms. The summed E-state index contributed by atoms with van der Waals surface area (Å²) < 4.78 is 11.3. The highest BCUT2D eigenvalue weighted by Crippen LogP contribution is 2.32. The highest BCUT2D eigenvalue weighted by Gasteiger charge is 2.18. The molecule has 6 nitrogen and oxygen atoms in total. The Morgan fingerprint density at radius 1 is 0.818 bits per heavy atom. The van der Waals surface area contributed by atoms with Crippen molar-refractivity contribution in [1.29, 1.82) is 0 Å². The van der Waals surface area contributed by atoms with E-state index in [9.17, 15) is 4.79 Å². The zero-order valence-electron chi connectivity index (χ0n) is 19.3. The number of hydrogen-bond donors (Lipinski definition) is 2. The lowest BCUT2D eigenvalue weighted by molar-refractivity contribution is 0.0734. The summed E-state index contributed by atoms with van der Waals surface area (Å²) in [5.41, 5.74) is 11.2. The van der Waals surface area contributed by atoms with Gasteiger partial charge >= 0.3 is 5.97 Å². The molecule has 1 aliphatic rings. The van der Waals surface area contributed by atoms with Crippen molar-refractivity contribution in [3.63, 3.8) is 0 Å². The average molecular weight is 446 g/mol. The van der Waals surface area contributed by atoms with Gasteiger partial charge in [-0.15, -0.1) is 0 Å². The second-order valence-corrected chi connectivity index (χ2v) is 8.28. The molecule has 33 heavy (non-hydrogen) atoms. The number of hydrogen-bond acceptors (Lipinski definition) is 6. The minimum Gasteiger partial charge on any atom is -0.494 e. The maximum atomic E-state index is 12.5. The summed E-state index contributed by atoms with van der Waals surface area (Å²) in [4.78, 5) is 12.5. The fourth-order valence-corrected chi connectivity index (χ4v) is 3.66. The molecule has 0 atom stereocenters. The second kappa shape index (κ2) is 10.8. The van der Waals surface area contributed by atoms with Gasteiger partial charge in [0.15, 0.2) is 0 Å². The van der Waals surface area contributed by atoms with Gasteiger partial charge in [0, 0.05) is 0 Å². The Bertz CT molecular complexity index is 1060. The lowest BCUT2D eigenvalue weighted by atomic mass is 10.2. The molecule has 6 heteroatoms. The summed E-state index contributed by atoms with van der Waals surface area (Å²) in [7, 11) is 0. The van der Waals surface area contributed by atoms with Crippen molar-refractivity contribution in [2.24, 2.45) is 0 Å². The zero-order chi connectivity index (χ0) is 23.0. The number of fused-ring (bicyclic) bond motifs is 1. The maximum absolute atomic E-state index is 12.5. The van der Waals surface area contributed by atoms with Crippen LogP contribution < -0.4 is 25.4 Å². The normalized spacial score (nSPS) is 12.0. The first-order valence-corrected chi connectivity index (χ1v) is 11.6. The Morgan fingerprint density at radius 3 is 2.27 bits per heavy atom. The smallest absolute Gasteiger partial charge is 0.343 e. The molecule has 0 fully saturated rings. The predicted molar refractivity (Wildman–Crippen MR) is 133 cm³/mol. The fourth-order valence-electron chi connectivity index (χ4n) is 3.66. The molecule has 0 unspecified atom stereocenters. The molecule has 0 saturated heterocycles. The lowest BCUT2D eigenvalue weighted by Gasteiger charge is -2.19. The molecular weight excluding hydrogens is 414 g/mol. The van der Waals surface area contributed by atoms with Crippen molar-refractivity contribution < 1.29 is 14.3 Å². The topological polar surface area (TPSA) is 62.8 Å². The molecule has 3 aromatic carbocycles. The van der Waals surface area contributed by atoms with Gasteiger partial charge in [-0.25, -0.2) is 4.79 Å². The van der Waals surface area contributed by atoms with Crippen LogP contribution in [0.2, 0.25) is 0 Å². The van der Waals surface area contributed by atoms with Gasteiger partial charge in [-0.05, 0) is 79.6 Å². The van der Waals surface area contributed by atoms with E-state index in [0.717, 1.165) is 29.2 Å². The van der Waals surface area contributed by atoms with E-state index in [-0.39, 0.29) is 0 Å². The molecule has 0 radical (unpaired) electrons. The first kappa shape index (κ1) is 22.5. The predicted octanol–water partition coefficient (Wildman–Crippen LogP) is 6.74. The van der Waals surface area contributed by atoms with Crippen molar-refractivity contribution in [2.45, 2.75) is 46.0 Å². The number of ether oxygens (including phenoxy) is 2. The third kappa shape index (κ3) is 5.98. The number of nitrogens with zero attached hydrogens (tertiary/aromatic N) is 1. The van der Waals surface area contributed by atoms with E-state index in [1.165, 1.54) is 31.2 Å². The SMILES string of the molecule is CCCCCCCOc1ccc(C(=O)Oc2ccc(N3Nc4ccc(C)cc4N3)cc2)cc1. The Morgan fingerprint density at radius 2 is 1.52 bits per heavy atom. The zero-order valence-corrected chi connectivity index (χ0v) is 19.3. The highest BCUT2D eigenvalue weighted by atomic mass is 16.5. The molecule has 0 amide bonds. The molecule has 0 spiro atoms. The van der Waals surface area contributed by atoms with Crippen LogP contribution in [0, 0.1) is 6.92 Å². The van der Waals surface area contributed by atoms with Gasteiger partial charge in [0.2, 0.25) is 0 Å². The lowest BCUT2D eigenvalue weighted by Crippen LogP contribution is -2.29. The average Bonchev–Trinajstić information content (AvgIpc) is 3.25. The molecule has 0 saturated carbocycles. The van der Waals surface area contributed by atoms with E-state index < -0.39 is 5.97 Å². The van der Waals surface area contributed by atoms with Crippen molar-refractivity contribution in [3.8, 4) is 11.5 Å². The first-order valence-electron chi connectivity index (χ1n) is 11.6. The monoisotopic (exact) mass is 445 g/mol. The molecule has 1 aliphatic heterocycles. The van der Waals surface area contributed by atoms with Crippen LogP contribution in [0.4, 0.5) is 17.1 Å². The summed E-state index contributed by atoms with van der Waals surface area (Å²) in [5.74, 6) is 0.867. The van der Waals surface area contributed by atoms with Gasteiger partial charge in [-0.1, -0.05) is 38.7 Å². The number of hydrazine groups is 2. The van der Waals surface area contributed by atoms with Crippen LogP contribution in [-0.2, 0) is 0 Å². The third-order valence-electron chi connectivity index (χ3n) is 5.55. The summed E-state index contributed by atoms with van der Waals surface area (Å²) in [6.07, 6.45) is 6.01. The Balaban J connectivity index is 1.26. The van der Waals surface area contributed by atoms with Gasteiger partial charge < -0.3 is 9.47 Å². The van der Waals surface area contributed by atoms with Crippen LogP contribution in [0.25, 0.3) is 0 Å². The molecule has 172 valence electrons.